The molecular weight excluding hydrogens is 154 g/mol. The topological polar surface area (TPSA) is 41.5 Å². The summed E-state index contributed by atoms with van der Waals surface area (Å²) in [5.41, 5.74) is -0.156. The Bertz CT molecular complexity index is 159. The van der Waals surface area contributed by atoms with Gasteiger partial charge in [-0.05, 0) is 33.6 Å². The number of aliphatic hydroxyl groups is 1. The van der Waals surface area contributed by atoms with Crippen molar-refractivity contribution in [2.45, 2.75) is 44.9 Å². The highest BCUT2D eigenvalue weighted by Crippen LogP contribution is 2.26. The van der Waals surface area contributed by atoms with E-state index in [1.54, 1.807) is 0 Å². The summed E-state index contributed by atoms with van der Waals surface area (Å²) >= 11 is 0. The highest BCUT2D eigenvalue weighted by molar-refractivity contribution is 4.91. The third-order valence-corrected chi connectivity index (χ3v) is 2.17. The molecule has 0 aromatic heterocycles. The molecule has 1 rings (SSSR count). The minimum absolute atomic E-state index is 0.0736. The highest BCUT2D eigenvalue weighted by atomic mass is 16.5. The first kappa shape index (κ1) is 9.96. The number of ether oxygens (including phenoxy) is 1. The van der Waals surface area contributed by atoms with Crippen LogP contribution in [0.25, 0.3) is 0 Å². The van der Waals surface area contributed by atoms with Crippen LogP contribution in [0.4, 0.5) is 0 Å². The van der Waals surface area contributed by atoms with Gasteiger partial charge in [-0.15, -0.1) is 0 Å². The molecule has 0 radical (unpaired) electrons. The molecule has 1 fully saturated rings. The lowest BCUT2D eigenvalue weighted by Crippen LogP contribution is -2.46. The summed E-state index contributed by atoms with van der Waals surface area (Å²) in [6.45, 7) is 7.27. The fourth-order valence-corrected chi connectivity index (χ4v) is 1.68. The maximum absolute atomic E-state index is 8.69. The van der Waals surface area contributed by atoms with E-state index in [-0.39, 0.29) is 17.9 Å². The molecule has 0 aromatic rings. The third-order valence-electron chi connectivity index (χ3n) is 2.17. The van der Waals surface area contributed by atoms with Gasteiger partial charge in [0.25, 0.3) is 0 Å². The van der Waals surface area contributed by atoms with E-state index in [9.17, 15) is 0 Å². The lowest BCUT2D eigenvalue weighted by molar-refractivity contribution is -0.00531. The molecule has 0 aromatic carbocycles. The largest absolute Gasteiger partial charge is 0.396 e. The molecule has 3 heteroatoms. The average molecular weight is 173 g/mol. The standard InChI is InChI=1S/C9H19NO2/c1-8(2)7-12-9(3,10-8)5-4-6-11/h10-11H,4-7H2,1-3H3. The van der Waals surface area contributed by atoms with Crippen LogP contribution >= 0.6 is 0 Å². The fourth-order valence-electron chi connectivity index (χ4n) is 1.68. The maximum atomic E-state index is 8.69. The van der Waals surface area contributed by atoms with Crippen LogP contribution in [0.15, 0.2) is 0 Å². The SMILES string of the molecule is CC1(C)COC(C)(CCCO)N1. The second kappa shape index (κ2) is 3.32. The van der Waals surface area contributed by atoms with Gasteiger partial charge in [0.15, 0.2) is 0 Å². The van der Waals surface area contributed by atoms with Crippen LogP contribution in [0, 0.1) is 0 Å². The smallest absolute Gasteiger partial charge is 0.117 e. The van der Waals surface area contributed by atoms with Crippen LogP contribution in [-0.2, 0) is 4.74 Å². The zero-order chi connectivity index (χ0) is 9.24. The van der Waals surface area contributed by atoms with Gasteiger partial charge in [-0.25, -0.2) is 0 Å². The summed E-state index contributed by atoms with van der Waals surface area (Å²) in [5, 5.41) is 12.1. The highest BCUT2D eigenvalue weighted by Gasteiger charge is 2.39. The average Bonchev–Trinajstić information content (AvgIpc) is 2.23. The normalized spacial score (nSPS) is 34.0. The first-order valence-corrected chi connectivity index (χ1v) is 4.52. The van der Waals surface area contributed by atoms with Crippen molar-refractivity contribution in [3.05, 3.63) is 0 Å². The first-order valence-electron chi connectivity index (χ1n) is 4.52. The molecule has 1 heterocycles. The van der Waals surface area contributed by atoms with Gasteiger partial charge in [0.1, 0.15) is 5.72 Å². The van der Waals surface area contributed by atoms with Crippen LogP contribution in [0.2, 0.25) is 0 Å². The minimum Gasteiger partial charge on any atom is -0.396 e. The van der Waals surface area contributed by atoms with Crippen molar-refractivity contribution in [2.75, 3.05) is 13.2 Å². The lowest BCUT2D eigenvalue weighted by atomic mass is 10.1. The molecule has 2 N–H and O–H groups in total. The molecule has 1 unspecified atom stereocenters. The van der Waals surface area contributed by atoms with Gasteiger partial charge >= 0.3 is 0 Å². The van der Waals surface area contributed by atoms with Crippen LogP contribution in [0.1, 0.15) is 33.6 Å². The van der Waals surface area contributed by atoms with E-state index in [4.69, 9.17) is 9.84 Å². The minimum atomic E-state index is -0.230. The molecule has 3 nitrogen and oxygen atoms in total. The summed E-state index contributed by atoms with van der Waals surface area (Å²) in [6.07, 6.45) is 1.66. The fraction of sp³-hybridized carbons (Fsp3) is 1.00. The number of rotatable bonds is 3. The van der Waals surface area contributed by atoms with Crippen LogP contribution < -0.4 is 5.32 Å². The molecule has 0 amide bonds. The molecule has 1 atom stereocenters. The second-order valence-electron chi connectivity index (χ2n) is 4.36. The van der Waals surface area contributed by atoms with Crippen LogP contribution in [0.3, 0.4) is 0 Å². The Labute approximate surface area is 74.1 Å². The zero-order valence-electron chi connectivity index (χ0n) is 8.18. The number of hydrogen-bond donors (Lipinski definition) is 2. The van der Waals surface area contributed by atoms with Crippen LogP contribution in [0.5, 0.6) is 0 Å². The van der Waals surface area contributed by atoms with E-state index in [1.807, 2.05) is 6.92 Å². The molecule has 1 aliphatic rings. The Kier molecular flexibility index (Phi) is 2.76. The first-order chi connectivity index (χ1) is 5.47. The summed E-state index contributed by atoms with van der Waals surface area (Å²) in [6, 6.07) is 0. The predicted octanol–water partition coefficient (Wildman–Crippen LogP) is 0.873. The molecule has 0 bridgehead atoms. The van der Waals surface area contributed by atoms with Gasteiger partial charge < -0.3 is 9.84 Å². The Morgan fingerprint density at radius 3 is 2.50 bits per heavy atom. The van der Waals surface area contributed by atoms with Gasteiger partial charge in [0, 0.05) is 12.1 Å². The predicted molar refractivity (Wildman–Crippen MR) is 47.9 cm³/mol. The maximum Gasteiger partial charge on any atom is 0.117 e. The zero-order valence-corrected chi connectivity index (χ0v) is 8.18. The van der Waals surface area contributed by atoms with Gasteiger partial charge in [0.2, 0.25) is 0 Å². The molecule has 72 valence electrons. The van der Waals surface area contributed by atoms with E-state index in [1.165, 1.54) is 0 Å². The summed E-state index contributed by atoms with van der Waals surface area (Å²) in [5.74, 6) is 0. The molecular formula is C9H19NO2. The van der Waals surface area contributed by atoms with Crippen molar-refractivity contribution in [1.82, 2.24) is 5.32 Å². The lowest BCUT2D eigenvalue weighted by Gasteiger charge is -2.26. The third kappa shape index (κ3) is 2.44. The van der Waals surface area contributed by atoms with E-state index >= 15 is 0 Å². The van der Waals surface area contributed by atoms with Crippen molar-refractivity contribution in [3.8, 4) is 0 Å². The van der Waals surface area contributed by atoms with E-state index in [0.717, 1.165) is 19.4 Å². The quantitative estimate of drug-likeness (QED) is 0.665. The number of aliphatic hydroxyl groups excluding tert-OH is 1. The summed E-state index contributed by atoms with van der Waals surface area (Å²) in [7, 11) is 0. The van der Waals surface area contributed by atoms with Crippen molar-refractivity contribution in [1.29, 1.82) is 0 Å². The van der Waals surface area contributed by atoms with Gasteiger partial charge in [-0.1, -0.05) is 0 Å². The Hall–Kier alpha value is -0.120. The van der Waals surface area contributed by atoms with Crippen molar-refractivity contribution >= 4 is 0 Å². The monoisotopic (exact) mass is 173 g/mol. The van der Waals surface area contributed by atoms with E-state index in [0.29, 0.717) is 0 Å². The van der Waals surface area contributed by atoms with Crippen LogP contribution in [-0.4, -0.2) is 29.6 Å². The van der Waals surface area contributed by atoms with Gasteiger partial charge in [0.05, 0.1) is 6.61 Å². The molecule has 0 saturated carbocycles. The molecule has 1 aliphatic heterocycles. The summed E-state index contributed by atoms with van der Waals surface area (Å²) in [4.78, 5) is 0. The Balaban J connectivity index is 2.41. The van der Waals surface area contributed by atoms with E-state index in [2.05, 4.69) is 19.2 Å². The second-order valence-corrected chi connectivity index (χ2v) is 4.36. The van der Waals surface area contributed by atoms with Gasteiger partial charge in [-0.2, -0.15) is 0 Å². The Morgan fingerprint density at radius 2 is 2.08 bits per heavy atom. The van der Waals surface area contributed by atoms with Crippen molar-refractivity contribution in [2.24, 2.45) is 0 Å². The molecule has 0 aliphatic carbocycles. The molecule has 1 saturated heterocycles. The summed E-state index contributed by atoms with van der Waals surface area (Å²) < 4.78 is 5.64. The van der Waals surface area contributed by atoms with E-state index < -0.39 is 0 Å². The van der Waals surface area contributed by atoms with Crippen molar-refractivity contribution < 1.29 is 9.84 Å². The number of hydrogen-bond acceptors (Lipinski definition) is 3. The molecule has 0 spiro atoms. The van der Waals surface area contributed by atoms with Crippen molar-refractivity contribution in [3.63, 3.8) is 0 Å². The number of nitrogens with one attached hydrogen (secondary N) is 1. The molecule has 12 heavy (non-hydrogen) atoms. The van der Waals surface area contributed by atoms with Gasteiger partial charge in [-0.3, -0.25) is 5.32 Å². The Morgan fingerprint density at radius 1 is 1.42 bits per heavy atom.